The molecule has 2 N–H and O–H groups in total. The zero-order valence-electron chi connectivity index (χ0n) is 14.8. The molecular formula is C17H21N3O5S. The van der Waals surface area contributed by atoms with Crippen LogP contribution < -0.4 is 5.32 Å². The van der Waals surface area contributed by atoms with Gasteiger partial charge in [-0.2, -0.15) is 5.10 Å². The number of carbonyl (C=O) groups is 2. The van der Waals surface area contributed by atoms with Crippen LogP contribution >= 0.6 is 0 Å². The molecule has 8 nitrogen and oxygen atoms in total. The minimum atomic E-state index is -3.32. The average Bonchev–Trinajstić information content (AvgIpc) is 2.88. The van der Waals surface area contributed by atoms with Crippen molar-refractivity contribution in [1.29, 1.82) is 0 Å². The highest BCUT2D eigenvalue weighted by Crippen LogP contribution is 2.13. The second kappa shape index (κ2) is 7.69. The van der Waals surface area contributed by atoms with Gasteiger partial charge in [0, 0.05) is 17.5 Å². The van der Waals surface area contributed by atoms with Crippen LogP contribution in [0.4, 0.5) is 0 Å². The summed E-state index contributed by atoms with van der Waals surface area (Å²) < 4.78 is 24.1. The Morgan fingerprint density at radius 1 is 1.23 bits per heavy atom. The molecule has 0 bridgehead atoms. The van der Waals surface area contributed by atoms with Crippen molar-refractivity contribution in [2.45, 2.75) is 26.3 Å². The largest absolute Gasteiger partial charge is 0.480 e. The Morgan fingerprint density at radius 2 is 1.85 bits per heavy atom. The van der Waals surface area contributed by atoms with Gasteiger partial charge in [-0.15, -0.1) is 0 Å². The van der Waals surface area contributed by atoms with Gasteiger partial charge in [-0.05, 0) is 50.6 Å². The van der Waals surface area contributed by atoms with E-state index in [0.29, 0.717) is 0 Å². The molecule has 0 aliphatic heterocycles. The fraction of sp³-hybridized carbons (Fsp3) is 0.353. The number of sulfone groups is 1. The highest BCUT2D eigenvalue weighted by molar-refractivity contribution is 7.90. The maximum absolute atomic E-state index is 12.3. The summed E-state index contributed by atoms with van der Waals surface area (Å²) in [4.78, 5) is 23.5. The van der Waals surface area contributed by atoms with Crippen molar-refractivity contribution >= 4 is 21.7 Å². The Labute approximate surface area is 151 Å². The molecule has 1 aromatic carbocycles. The fourth-order valence-corrected chi connectivity index (χ4v) is 3.14. The van der Waals surface area contributed by atoms with Gasteiger partial charge in [0.05, 0.1) is 17.1 Å². The molecule has 1 atom stereocenters. The van der Waals surface area contributed by atoms with Crippen LogP contribution in [-0.4, -0.2) is 53.2 Å². The minimum Gasteiger partial charge on any atom is -0.480 e. The molecule has 9 heteroatoms. The standard InChI is InChI=1S/C17H21N3O5S/c1-11-10-12(2)20(19-11)14-6-4-13(5-7-14)16(21)18-15(17(22)23)8-9-26(3,24)25/h4-7,10,15H,8-9H2,1-3H3,(H,18,21)(H,22,23). The molecule has 26 heavy (non-hydrogen) atoms. The summed E-state index contributed by atoms with van der Waals surface area (Å²) in [5, 5.41) is 15.9. The third-order valence-electron chi connectivity index (χ3n) is 3.76. The van der Waals surface area contributed by atoms with Crippen LogP contribution in [0.3, 0.4) is 0 Å². The van der Waals surface area contributed by atoms with Crippen molar-refractivity contribution < 1.29 is 23.1 Å². The van der Waals surface area contributed by atoms with E-state index in [4.69, 9.17) is 0 Å². The van der Waals surface area contributed by atoms with Crippen molar-refractivity contribution in [3.05, 3.63) is 47.3 Å². The SMILES string of the molecule is Cc1cc(C)n(-c2ccc(C(=O)NC(CCS(C)(=O)=O)C(=O)O)cc2)n1. The maximum Gasteiger partial charge on any atom is 0.326 e. The van der Waals surface area contributed by atoms with Gasteiger partial charge in [0.1, 0.15) is 15.9 Å². The van der Waals surface area contributed by atoms with Crippen molar-refractivity contribution in [1.82, 2.24) is 15.1 Å². The average molecular weight is 379 g/mol. The van der Waals surface area contributed by atoms with Crippen molar-refractivity contribution in [2.75, 3.05) is 12.0 Å². The van der Waals surface area contributed by atoms with E-state index in [1.807, 2.05) is 19.9 Å². The van der Waals surface area contributed by atoms with Crippen LogP contribution in [-0.2, 0) is 14.6 Å². The summed E-state index contributed by atoms with van der Waals surface area (Å²) in [6.07, 6.45) is 0.829. The number of carboxylic acid groups (broad SMARTS) is 1. The van der Waals surface area contributed by atoms with E-state index in [1.54, 1.807) is 28.9 Å². The normalized spacial score (nSPS) is 12.6. The molecule has 0 aliphatic carbocycles. The van der Waals surface area contributed by atoms with Crippen LogP contribution in [0.15, 0.2) is 30.3 Å². The molecule has 0 fully saturated rings. The van der Waals surface area contributed by atoms with Crippen LogP contribution in [0.5, 0.6) is 0 Å². The second-order valence-corrected chi connectivity index (χ2v) is 8.43. The number of carbonyl (C=O) groups excluding carboxylic acids is 1. The third kappa shape index (κ3) is 5.16. The summed E-state index contributed by atoms with van der Waals surface area (Å²) in [7, 11) is -3.32. The lowest BCUT2D eigenvalue weighted by Crippen LogP contribution is -2.41. The van der Waals surface area contributed by atoms with E-state index in [2.05, 4.69) is 10.4 Å². The number of aliphatic carboxylic acids is 1. The molecule has 0 saturated heterocycles. The Balaban J connectivity index is 2.11. The first kappa shape index (κ1) is 19.6. The van der Waals surface area contributed by atoms with Crippen LogP contribution in [0, 0.1) is 13.8 Å². The molecular weight excluding hydrogens is 358 g/mol. The molecule has 1 amide bonds. The van der Waals surface area contributed by atoms with Gasteiger partial charge in [-0.25, -0.2) is 17.9 Å². The summed E-state index contributed by atoms with van der Waals surface area (Å²) in [6.45, 7) is 3.80. The summed E-state index contributed by atoms with van der Waals surface area (Å²) >= 11 is 0. The molecule has 0 radical (unpaired) electrons. The van der Waals surface area contributed by atoms with Gasteiger partial charge >= 0.3 is 5.97 Å². The molecule has 1 aromatic heterocycles. The van der Waals surface area contributed by atoms with Crippen molar-refractivity contribution in [3.63, 3.8) is 0 Å². The van der Waals surface area contributed by atoms with E-state index < -0.39 is 27.8 Å². The smallest absolute Gasteiger partial charge is 0.326 e. The Morgan fingerprint density at radius 3 is 2.31 bits per heavy atom. The Kier molecular flexibility index (Phi) is 5.81. The van der Waals surface area contributed by atoms with E-state index in [9.17, 15) is 23.1 Å². The van der Waals surface area contributed by atoms with E-state index in [1.165, 1.54) is 0 Å². The van der Waals surface area contributed by atoms with Gasteiger partial charge in [0.25, 0.3) is 5.91 Å². The van der Waals surface area contributed by atoms with E-state index in [-0.39, 0.29) is 17.7 Å². The highest BCUT2D eigenvalue weighted by atomic mass is 32.2. The van der Waals surface area contributed by atoms with Crippen LogP contribution in [0.25, 0.3) is 5.69 Å². The van der Waals surface area contributed by atoms with Gasteiger partial charge in [-0.1, -0.05) is 0 Å². The first-order valence-electron chi connectivity index (χ1n) is 7.92. The fourth-order valence-electron chi connectivity index (χ4n) is 2.48. The number of nitrogens with one attached hydrogen (secondary N) is 1. The molecule has 0 aliphatic rings. The molecule has 1 unspecified atom stereocenters. The second-order valence-electron chi connectivity index (χ2n) is 6.17. The van der Waals surface area contributed by atoms with Gasteiger partial charge in [0.15, 0.2) is 0 Å². The Bertz CT molecular complexity index is 916. The number of carboxylic acids is 1. The first-order chi connectivity index (χ1) is 12.1. The predicted octanol–water partition coefficient (Wildman–Crippen LogP) is 1.11. The summed E-state index contributed by atoms with van der Waals surface area (Å²) in [6, 6.07) is 7.21. The lowest BCUT2D eigenvalue weighted by atomic mass is 10.1. The number of rotatable bonds is 7. The van der Waals surface area contributed by atoms with Crippen molar-refractivity contribution in [3.8, 4) is 5.69 Å². The molecule has 2 aromatic rings. The monoisotopic (exact) mass is 379 g/mol. The quantitative estimate of drug-likeness (QED) is 0.744. The van der Waals surface area contributed by atoms with Crippen LogP contribution in [0.1, 0.15) is 28.2 Å². The number of aromatic nitrogens is 2. The lowest BCUT2D eigenvalue weighted by Gasteiger charge is -2.14. The third-order valence-corrected chi connectivity index (χ3v) is 4.74. The van der Waals surface area contributed by atoms with E-state index in [0.717, 1.165) is 23.3 Å². The first-order valence-corrected chi connectivity index (χ1v) is 9.98. The number of amides is 1. The highest BCUT2D eigenvalue weighted by Gasteiger charge is 2.22. The number of hydrogen-bond acceptors (Lipinski definition) is 5. The summed E-state index contributed by atoms with van der Waals surface area (Å²) in [5.41, 5.74) is 2.88. The molecule has 2 rings (SSSR count). The number of nitrogens with zero attached hydrogens (tertiary/aromatic N) is 2. The number of hydrogen-bond donors (Lipinski definition) is 2. The molecule has 1 heterocycles. The van der Waals surface area contributed by atoms with Gasteiger partial charge in [0.2, 0.25) is 0 Å². The minimum absolute atomic E-state index is 0.191. The van der Waals surface area contributed by atoms with Gasteiger partial charge < -0.3 is 10.4 Å². The lowest BCUT2D eigenvalue weighted by molar-refractivity contribution is -0.139. The zero-order valence-corrected chi connectivity index (χ0v) is 15.6. The molecule has 140 valence electrons. The maximum atomic E-state index is 12.3. The van der Waals surface area contributed by atoms with Crippen LogP contribution in [0.2, 0.25) is 0 Å². The Hall–Kier alpha value is -2.68. The zero-order chi connectivity index (χ0) is 19.5. The topological polar surface area (TPSA) is 118 Å². The number of benzene rings is 1. The molecule has 0 spiro atoms. The predicted molar refractivity (Wildman–Crippen MR) is 96.3 cm³/mol. The van der Waals surface area contributed by atoms with Gasteiger partial charge in [-0.3, -0.25) is 4.79 Å². The summed E-state index contributed by atoms with van der Waals surface area (Å²) in [5.74, 6) is -2.17. The van der Waals surface area contributed by atoms with E-state index >= 15 is 0 Å². The number of aryl methyl sites for hydroxylation is 2. The van der Waals surface area contributed by atoms with Crippen molar-refractivity contribution in [2.24, 2.45) is 0 Å². The molecule has 0 saturated carbocycles.